The number of hydrogen-bond acceptors (Lipinski definition) is 0. The lowest BCUT2D eigenvalue weighted by Gasteiger charge is -2.37. The fraction of sp³-hybridized carbons (Fsp3) is 0.758. The second-order valence-corrected chi connectivity index (χ2v) is 15.4. The van der Waals surface area contributed by atoms with Crippen LogP contribution in [0.2, 0.25) is 0 Å². The van der Waals surface area contributed by atoms with Crippen molar-refractivity contribution in [1.82, 2.24) is 0 Å². The Balaban J connectivity index is 1.69. The first kappa shape index (κ1) is 25.1. The summed E-state index contributed by atoms with van der Waals surface area (Å²) in [7, 11) is 0. The third-order valence-electron chi connectivity index (χ3n) is 10.1. The van der Waals surface area contributed by atoms with Gasteiger partial charge in [-0.1, -0.05) is 113 Å². The van der Waals surface area contributed by atoms with Crippen molar-refractivity contribution in [2.45, 2.75) is 89.0 Å². The van der Waals surface area contributed by atoms with E-state index in [-0.39, 0.29) is 10.8 Å². The van der Waals surface area contributed by atoms with Crippen LogP contribution in [0.5, 0.6) is 0 Å². The molecule has 184 valence electrons. The molecule has 0 heteroatoms. The Hall–Kier alpha value is -1.04. The Bertz CT molecular complexity index is 803. The van der Waals surface area contributed by atoms with E-state index in [2.05, 4.69) is 113 Å². The molecule has 4 rings (SSSR count). The average molecular weight is 449 g/mol. The smallest absolute Gasteiger partial charge is 0.00925 e. The lowest BCUT2D eigenvalue weighted by atomic mass is 9.68. The monoisotopic (exact) mass is 448 g/mol. The molecule has 4 aliphatic rings. The first-order valence-corrected chi connectivity index (χ1v) is 13.9. The van der Waals surface area contributed by atoms with E-state index >= 15 is 0 Å². The molecule has 0 aromatic heterocycles. The molecule has 33 heavy (non-hydrogen) atoms. The SMILES string of the molecule is CC1CC(C(C)(C)C)CC1[C@@H](C)C1C2C=CC(C(C)(C)C)=CC2C2C=C(C(C)(C)C)C=CC21. The van der Waals surface area contributed by atoms with Gasteiger partial charge in [-0.3, -0.25) is 0 Å². The van der Waals surface area contributed by atoms with Gasteiger partial charge < -0.3 is 0 Å². The van der Waals surface area contributed by atoms with Crippen LogP contribution in [0.3, 0.4) is 0 Å². The predicted octanol–water partition coefficient (Wildman–Crippen LogP) is 9.51. The predicted molar refractivity (Wildman–Crippen MR) is 145 cm³/mol. The summed E-state index contributed by atoms with van der Waals surface area (Å²) in [4.78, 5) is 0. The van der Waals surface area contributed by atoms with Crippen molar-refractivity contribution in [2.24, 2.45) is 69.5 Å². The highest BCUT2D eigenvalue weighted by Crippen LogP contribution is 2.60. The van der Waals surface area contributed by atoms with Gasteiger partial charge in [0.05, 0.1) is 0 Å². The maximum Gasteiger partial charge on any atom is -0.00925 e. The van der Waals surface area contributed by atoms with Crippen LogP contribution in [0.1, 0.15) is 89.0 Å². The van der Waals surface area contributed by atoms with Crippen LogP contribution in [0, 0.1) is 69.5 Å². The fourth-order valence-corrected chi connectivity index (χ4v) is 7.90. The van der Waals surface area contributed by atoms with E-state index in [0.29, 0.717) is 29.1 Å². The Morgan fingerprint density at radius 1 is 0.697 bits per heavy atom. The zero-order valence-corrected chi connectivity index (χ0v) is 23.6. The van der Waals surface area contributed by atoms with Crippen molar-refractivity contribution in [2.75, 3.05) is 0 Å². The molecule has 0 bridgehead atoms. The summed E-state index contributed by atoms with van der Waals surface area (Å²) < 4.78 is 0. The van der Waals surface area contributed by atoms with Gasteiger partial charge in [-0.2, -0.15) is 0 Å². The number of rotatable bonds is 2. The van der Waals surface area contributed by atoms with E-state index in [0.717, 1.165) is 29.6 Å². The minimum absolute atomic E-state index is 0.224. The molecule has 8 atom stereocenters. The quantitative estimate of drug-likeness (QED) is 0.394. The van der Waals surface area contributed by atoms with E-state index in [9.17, 15) is 0 Å². The Morgan fingerprint density at radius 2 is 1.15 bits per heavy atom. The molecule has 0 aliphatic heterocycles. The van der Waals surface area contributed by atoms with Crippen LogP contribution in [0.4, 0.5) is 0 Å². The lowest BCUT2D eigenvalue weighted by Crippen LogP contribution is -2.31. The van der Waals surface area contributed by atoms with Gasteiger partial charge in [0, 0.05) is 0 Å². The average Bonchev–Trinajstić information content (AvgIpc) is 3.23. The maximum atomic E-state index is 2.70. The highest BCUT2D eigenvalue weighted by molar-refractivity contribution is 5.39. The molecule has 0 amide bonds. The zero-order chi connectivity index (χ0) is 24.5. The summed E-state index contributed by atoms with van der Waals surface area (Å²) in [5, 5.41) is 0. The van der Waals surface area contributed by atoms with Gasteiger partial charge >= 0.3 is 0 Å². The van der Waals surface area contributed by atoms with Crippen molar-refractivity contribution >= 4 is 0 Å². The van der Waals surface area contributed by atoms with Crippen LogP contribution in [0.25, 0.3) is 0 Å². The second-order valence-electron chi connectivity index (χ2n) is 15.4. The summed E-state index contributed by atoms with van der Waals surface area (Å²) >= 11 is 0. The molecule has 0 N–H and O–H groups in total. The zero-order valence-electron chi connectivity index (χ0n) is 23.6. The molecule has 0 heterocycles. The maximum absolute atomic E-state index is 2.70. The molecular weight excluding hydrogens is 396 g/mol. The van der Waals surface area contributed by atoms with Crippen LogP contribution in [-0.4, -0.2) is 0 Å². The van der Waals surface area contributed by atoms with Crippen LogP contribution < -0.4 is 0 Å². The van der Waals surface area contributed by atoms with Gasteiger partial charge in [0.25, 0.3) is 0 Å². The van der Waals surface area contributed by atoms with Crippen LogP contribution in [-0.2, 0) is 0 Å². The summed E-state index contributed by atoms with van der Waals surface area (Å²) in [5.41, 5.74) is 3.97. The van der Waals surface area contributed by atoms with E-state index in [1.54, 1.807) is 0 Å². The molecule has 2 saturated carbocycles. The van der Waals surface area contributed by atoms with Crippen molar-refractivity contribution in [3.05, 3.63) is 47.6 Å². The Labute approximate surface area is 206 Å². The van der Waals surface area contributed by atoms with Gasteiger partial charge in [-0.05, 0) is 93.5 Å². The van der Waals surface area contributed by atoms with E-state index in [1.165, 1.54) is 24.0 Å². The minimum Gasteiger partial charge on any atom is -0.0802 e. The summed E-state index contributed by atoms with van der Waals surface area (Å²) in [6.07, 6.45) is 18.5. The molecule has 2 fully saturated rings. The molecule has 0 saturated heterocycles. The molecular formula is C33H52. The molecule has 7 unspecified atom stereocenters. The largest absolute Gasteiger partial charge is 0.0802 e. The summed E-state index contributed by atoms with van der Waals surface area (Å²) in [5.74, 6) is 6.79. The number of allylic oxidation sites excluding steroid dienone is 8. The van der Waals surface area contributed by atoms with Crippen molar-refractivity contribution in [3.63, 3.8) is 0 Å². The standard InChI is InChI=1S/C33H52/c1-20-16-24(33(9,10)11)19-27(20)21(2)30-25-14-12-22(31(3,4)5)17-28(25)29-18-23(32(6,7)8)13-15-26(29)30/h12-15,17-18,20-21,24-30H,16,19H2,1-11H3/t20?,21-,24?,25?,26?,27?,28?,29?,30?/m1/s1. The van der Waals surface area contributed by atoms with Crippen molar-refractivity contribution in [1.29, 1.82) is 0 Å². The Kier molecular flexibility index (Phi) is 6.28. The van der Waals surface area contributed by atoms with Gasteiger partial charge in [0.2, 0.25) is 0 Å². The highest BCUT2D eigenvalue weighted by atomic mass is 14.6. The summed E-state index contributed by atoms with van der Waals surface area (Å²) in [6, 6.07) is 0. The molecule has 0 radical (unpaired) electrons. The van der Waals surface area contributed by atoms with Gasteiger partial charge in [-0.15, -0.1) is 0 Å². The van der Waals surface area contributed by atoms with Crippen LogP contribution in [0.15, 0.2) is 47.6 Å². The van der Waals surface area contributed by atoms with Crippen molar-refractivity contribution < 1.29 is 0 Å². The van der Waals surface area contributed by atoms with Crippen molar-refractivity contribution in [3.8, 4) is 0 Å². The second kappa shape index (κ2) is 8.27. The van der Waals surface area contributed by atoms with E-state index in [1.807, 2.05) is 0 Å². The normalized spacial score (nSPS) is 39.7. The molecule has 0 aromatic carbocycles. The summed E-state index contributed by atoms with van der Waals surface area (Å²) in [6.45, 7) is 26.8. The highest BCUT2D eigenvalue weighted by Gasteiger charge is 2.53. The fourth-order valence-electron chi connectivity index (χ4n) is 7.90. The molecule has 0 nitrogen and oxygen atoms in total. The first-order chi connectivity index (χ1) is 15.1. The Morgan fingerprint density at radius 3 is 1.52 bits per heavy atom. The molecule has 4 aliphatic carbocycles. The van der Waals surface area contributed by atoms with Gasteiger partial charge in [-0.25, -0.2) is 0 Å². The van der Waals surface area contributed by atoms with Crippen LogP contribution >= 0.6 is 0 Å². The topological polar surface area (TPSA) is 0 Å². The molecule has 0 aromatic rings. The minimum atomic E-state index is 0.224. The first-order valence-electron chi connectivity index (χ1n) is 13.9. The molecule has 0 spiro atoms. The van der Waals surface area contributed by atoms with Gasteiger partial charge in [0.15, 0.2) is 0 Å². The van der Waals surface area contributed by atoms with E-state index in [4.69, 9.17) is 0 Å². The lowest BCUT2D eigenvalue weighted by molar-refractivity contribution is 0.153. The van der Waals surface area contributed by atoms with E-state index < -0.39 is 0 Å². The third-order valence-corrected chi connectivity index (χ3v) is 10.1. The van der Waals surface area contributed by atoms with Gasteiger partial charge in [0.1, 0.15) is 0 Å². The number of fused-ring (bicyclic) bond motifs is 3. The number of hydrogen-bond donors (Lipinski definition) is 0. The third kappa shape index (κ3) is 4.62.